The van der Waals surface area contributed by atoms with Gasteiger partial charge in [0.2, 0.25) is 0 Å². The van der Waals surface area contributed by atoms with Gasteiger partial charge in [0.25, 0.3) is 5.79 Å². The Morgan fingerprint density at radius 2 is 2.05 bits per heavy atom. The van der Waals surface area contributed by atoms with Crippen LogP contribution in [0.25, 0.3) is 0 Å². The van der Waals surface area contributed by atoms with Crippen LogP contribution in [0.1, 0.15) is 39.5 Å². The quantitative estimate of drug-likeness (QED) is 0.274. The number of unbranched alkanes of at least 4 members (excludes halogenated alkanes) is 3. The lowest BCUT2D eigenvalue weighted by molar-refractivity contribution is -0.190. The molecule has 0 heterocycles. The lowest BCUT2D eigenvalue weighted by Gasteiger charge is -2.36. The minimum absolute atomic E-state index is 0.575. The molecule has 1 aliphatic rings. The molecule has 3 nitrogen and oxygen atoms in total. The zero-order valence-corrected chi connectivity index (χ0v) is 12.2. The van der Waals surface area contributed by atoms with Crippen molar-refractivity contribution in [3.05, 3.63) is 24.3 Å². The number of carbonyl (C=O) groups is 1. The summed E-state index contributed by atoms with van der Waals surface area (Å²) >= 11 is 4.39. The molecule has 0 aromatic rings. The van der Waals surface area contributed by atoms with E-state index in [1.165, 1.54) is 13.0 Å². The van der Waals surface area contributed by atoms with Gasteiger partial charge in [0, 0.05) is 13.3 Å². The van der Waals surface area contributed by atoms with Crippen LogP contribution in [0.4, 0.5) is 0 Å². The SMILES string of the molecule is CCCCCC#C[C@@]1(S)C=CC=C[C@]1(O)OC(C)=O. The number of ether oxygens (including phenoxy) is 1. The molecule has 1 aliphatic carbocycles. The molecule has 0 fully saturated rings. The van der Waals surface area contributed by atoms with E-state index in [4.69, 9.17) is 4.74 Å². The Kier molecular flexibility index (Phi) is 5.71. The molecule has 2 atom stereocenters. The van der Waals surface area contributed by atoms with Gasteiger partial charge in [-0.3, -0.25) is 4.79 Å². The molecule has 4 heteroatoms. The van der Waals surface area contributed by atoms with Crippen LogP contribution in [0, 0.1) is 11.8 Å². The number of allylic oxidation sites excluding steroid dienone is 2. The highest BCUT2D eigenvalue weighted by Gasteiger charge is 2.48. The highest BCUT2D eigenvalue weighted by atomic mass is 32.1. The maximum Gasteiger partial charge on any atom is 0.305 e. The van der Waals surface area contributed by atoms with Crippen molar-refractivity contribution >= 4 is 18.6 Å². The summed E-state index contributed by atoms with van der Waals surface area (Å²) in [5.41, 5.74) is 0. The van der Waals surface area contributed by atoms with E-state index in [2.05, 4.69) is 31.4 Å². The van der Waals surface area contributed by atoms with Gasteiger partial charge in [0.05, 0.1) is 0 Å². The summed E-state index contributed by atoms with van der Waals surface area (Å²) < 4.78 is 3.76. The lowest BCUT2D eigenvalue weighted by atomic mass is 9.92. The Morgan fingerprint density at radius 1 is 1.37 bits per heavy atom. The van der Waals surface area contributed by atoms with Gasteiger partial charge in [0.15, 0.2) is 4.75 Å². The van der Waals surface area contributed by atoms with Crippen LogP contribution in [0.15, 0.2) is 24.3 Å². The van der Waals surface area contributed by atoms with E-state index in [1.54, 1.807) is 18.2 Å². The Bertz CT molecular complexity index is 444. The Morgan fingerprint density at radius 3 is 2.68 bits per heavy atom. The van der Waals surface area contributed by atoms with Crippen molar-refractivity contribution in [1.82, 2.24) is 0 Å². The largest absolute Gasteiger partial charge is 0.427 e. The van der Waals surface area contributed by atoms with Gasteiger partial charge in [0.1, 0.15) is 0 Å². The maximum absolute atomic E-state index is 11.1. The van der Waals surface area contributed by atoms with Crippen LogP contribution in [0.5, 0.6) is 0 Å². The number of carbonyl (C=O) groups excluding carboxylic acids is 1. The number of thiol groups is 1. The topological polar surface area (TPSA) is 46.5 Å². The van der Waals surface area contributed by atoms with Crippen molar-refractivity contribution in [2.45, 2.75) is 50.1 Å². The van der Waals surface area contributed by atoms with E-state index >= 15 is 0 Å². The normalized spacial score (nSPS) is 28.6. The average molecular weight is 280 g/mol. The number of hydrogen-bond acceptors (Lipinski definition) is 4. The molecule has 0 unspecified atom stereocenters. The Labute approximate surface area is 120 Å². The molecule has 0 spiro atoms. The molecular formula is C15H20O3S. The monoisotopic (exact) mass is 280 g/mol. The molecule has 0 amide bonds. The molecule has 0 aromatic heterocycles. The second-order valence-corrected chi connectivity index (χ2v) is 5.24. The Balaban J connectivity index is 2.83. The Hall–Kier alpha value is -1.18. The minimum atomic E-state index is -1.82. The van der Waals surface area contributed by atoms with Crippen molar-refractivity contribution in [3.8, 4) is 11.8 Å². The smallest absolute Gasteiger partial charge is 0.305 e. The van der Waals surface area contributed by atoms with Gasteiger partial charge >= 0.3 is 5.97 Å². The van der Waals surface area contributed by atoms with Gasteiger partial charge < -0.3 is 9.84 Å². The zero-order chi connectivity index (χ0) is 14.4. The molecule has 1 N–H and O–H groups in total. The van der Waals surface area contributed by atoms with E-state index in [9.17, 15) is 9.90 Å². The van der Waals surface area contributed by atoms with E-state index in [1.807, 2.05) is 0 Å². The number of hydrogen-bond donors (Lipinski definition) is 2. The number of esters is 1. The van der Waals surface area contributed by atoms with Crippen molar-refractivity contribution < 1.29 is 14.6 Å². The van der Waals surface area contributed by atoms with Crippen molar-refractivity contribution in [2.75, 3.05) is 0 Å². The summed E-state index contributed by atoms with van der Waals surface area (Å²) in [6, 6.07) is 0. The first-order chi connectivity index (χ1) is 8.93. The van der Waals surface area contributed by atoms with E-state index in [0.29, 0.717) is 0 Å². The first-order valence-electron chi connectivity index (χ1n) is 6.45. The average Bonchev–Trinajstić information content (AvgIpc) is 2.32. The van der Waals surface area contributed by atoms with Gasteiger partial charge in [-0.1, -0.05) is 37.8 Å². The van der Waals surface area contributed by atoms with E-state index in [0.717, 1.165) is 25.7 Å². The predicted octanol–water partition coefficient (Wildman–Crippen LogP) is 2.62. The molecular weight excluding hydrogens is 260 g/mol. The molecule has 0 aromatic carbocycles. The van der Waals surface area contributed by atoms with E-state index < -0.39 is 16.5 Å². The molecule has 19 heavy (non-hydrogen) atoms. The lowest BCUT2D eigenvalue weighted by Crippen LogP contribution is -2.51. The third-order valence-electron chi connectivity index (χ3n) is 2.80. The highest BCUT2D eigenvalue weighted by Crippen LogP contribution is 2.35. The summed E-state index contributed by atoms with van der Waals surface area (Å²) in [6.07, 6.45) is 10.4. The van der Waals surface area contributed by atoms with Crippen molar-refractivity contribution in [3.63, 3.8) is 0 Å². The number of aliphatic hydroxyl groups is 1. The fourth-order valence-corrected chi connectivity index (χ4v) is 2.04. The van der Waals surface area contributed by atoms with Gasteiger partial charge in [-0.2, -0.15) is 0 Å². The van der Waals surface area contributed by atoms with Crippen LogP contribution in [0.3, 0.4) is 0 Å². The van der Waals surface area contributed by atoms with Gasteiger partial charge in [-0.25, -0.2) is 0 Å². The first kappa shape index (κ1) is 15.9. The second kappa shape index (κ2) is 6.83. The number of rotatable bonds is 4. The summed E-state index contributed by atoms with van der Waals surface area (Å²) in [5, 5.41) is 10.4. The summed E-state index contributed by atoms with van der Waals surface area (Å²) in [4.78, 5) is 11.1. The molecule has 0 radical (unpaired) electrons. The zero-order valence-electron chi connectivity index (χ0n) is 11.3. The minimum Gasteiger partial charge on any atom is -0.427 e. The summed E-state index contributed by atoms with van der Waals surface area (Å²) in [7, 11) is 0. The van der Waals surface area contributed by atoms with E-state index in [-0.39, 0.29) is 0 Å². The van der Waals surface area contributed by atoms with Crippen LogP contribution in [-0.2, 0) is 9.53 Å². The molecule has 0 aliphatic heterocycles. The van der Waals surface area contributed by atoms with Crippen molar-refractivity contribution in [1.29, 1.82) is 0 Å². The van der Waals surface area contributed by atoms with Crippen LogP contribution < -0.4 is 0 Å². The molecule has 0 saturated carbocycles. The second-order valence-electron chi connectivity index (χ2n) is 4.53. The van der Waals surface area contributed by atoms with Crippen molar-refractivity contribution in [2.24, 2.45) is 0 Å². The molecule has 104 valence electrons. The van der Waals surface area contributed by atoms with Crippen LogP contribution >= 0.6 is 12.6 Å². The van der Waals surface area contributed by atoms with Crippen LogP contribution in [-0.4, -0.2) is 21.6 Å². The third kappa shape index (κ3) is 4.15. The van der Waals surface area contributed by atoms with Gasteiger partial charge in [-0.15, -0.1) is 18.5 Å². The third-order valence-corrected chi connectivity index (χ3v) is 3.38. The maximum atomic E-state index is 11.1. The standard InChI is InChI=1S/C15H20O3S/c1-3-4-5-6-7-10-14(19)11-8-9-12-15(14,17)18-13(2)16/h8-9,11-12,17,19H,3-6H2,1-2H3/t14-,15+/m1/s1. The summed E-state index contributed by atoms with van der Waals surface area (Å²) in [6.45, 7) is 3.37. The first-order valence-corrected chi connectivity index (χ1v) is 6.89. The van der Waals surface area contributed by atoms with Crippen LogP contribution in [0.2, 0.25) is 0 Å². The fourth-order valence-electron chi connectivity index (χ4n) is 1.75. The fraction of sp³-hybridized carbons (Fsp3) is 0.533. The van der Waals surface area contributed by atoms with Gasteiger partial charge in [-0.05, 0) is 18.6 Å². The molecule has 1 rings (SSSR count). The highest BCUT2D eigenvalue weighted by molar-refractivity contribution is 7.82. The molecule has 0 bridgehead atoms. The predicted molar refractivity (Wildman–Crippen MR) is 78.6 cm³/mol. The molecule has 0 saturated heterocycles. The summed E-state index contributed by atoms with van der Waals surface area (Å²) in [5.74, 6) is 3.50.